The molecule has 2 aliphatic heterocycles. The number of aryl methyl sites for hydroxylation is 1. The van der Waals surface area contributed by atoms with E-state index in [9.17, 15) is 24.0 Å². The topological polar surface area (TPSA) is 225 Å². The highest BCUT2D eigenvalue weighted by molar-refractivity contribution is 6.09. The molecular weight excluding hydrogens is 857 g/mol. The quantitative estimate of drug-likeness (QED) is 0.0980. The van der Waals surface area contributed by atoms with Crippen LogP contribution >= 0.6 is 0 Å². The number of anilines is 5. The first kappa shape index (κ1) is 46.6. The van der Waals surface area contributed by atoms with Gasteiger partial charge in [-0.3, -0.25) is 38.3 Å². The lowest BCUT2D eigenvalue weighted by Gasteiger charge is -2.36. The summed E-state index contributed by atoms with van der Waals surface area (Å²) in [5.74, 6) is 0.649. The average Bonchev–Trinajstić information content (AvgIpc) is 3.87. The van der Waals surface area contributed by atoms with Gasteiger partial charge in [-0.1, -0.05) is 25.0 Å². The van der Waals surface area contributed by atoms with Crippen LogP contribution in [0.1, 0.15) is 71.3 Å². The molecule has 1 saturated carbocycles. The highest BCUT2D eigenvalue weighted by Crippen LogP contribution is 2.32. The van der Waals surface area contributed by atoms with E-state index < -0.39 is 5.91 Å². The van der Waals surface area contributed by atoms with Gasteiger partial charge in [-0.25, -0.2) is 9.97 Å². The van der Waals surface area contributed by atoms with Crippen LogP contribution in [0.3, 0.4) is 0 Å². The largest absolute Gasteiger partial charge is 0.480 e. The van der Waals surface area contributed by atoms with E-state index in [0.29, 0.717) is 65.1 Å². The number of fused-ring (bicyclic) bond motifs is 1. The summed E-state index contributed by atoms with van der Waals surface area (Å²) in [6, 6.07) is 13.9. The van der Waals surface area contributed by atoms with Crippen LogP contribution in [0, 0.1) is 6.92 Å². The zero-order chi connectivity index (χ0) is 46.9. The molecule has 4 N–H and O–H groups in total. The minimum absolute atomic E-state index is 0.00349. The molecule has 0 bridgehead atoms. The van der Waals surface area contributed by atoms with Crippen molar-refractivity contribution in [2.24, 2.45) is 0 Å². The molecule has 3 fully saturated rings. The number of para-hydroxylation sites is 1. The fourth-order valence-corrected chi connectivity index (χ4v) is 9.03. The number of methoxy groups -OCH3 is 1. The van der Waals surface area contributed by atoms with Gasteiger partial charge in [0.15, 0.2) is 11.6 Å². The van der Waals surface area contributed by atoms with E-state index in [1.54, 1.807) is 54.1 Å². The number of piperazine rings is 2. The van der Waals surface area contributed by atoms with E-state index >= 15 is 0 Å². The predicted octanol–water partition coefficient (Wildman–Crippen LogP) is 3.49. The molecule has 5 aromatic rings. The Balaban J connectivity index is 0.720. The first-order valence-electron chi connectivity index (χ1n) is 23.0. The molecule has 0 radical (unpaired) electrons. The monoisotopic (exact) mass is 914 g/mol. The normalized spacial score (nSPS) is 16.2. The third-order valence-corrected chi connectivity index (χ3v) is 12.7. The average molecular weight is 915 g/mol. The molecule has 3 amide bonds. The third kappa shape index (κ3) is 11.6. The van der Waals surface area contributed by atoms with Crippen LogP contribution in [0.4, 0.5) is 29.0 Å². The summed E-state index contributed by atoms with van der Waals surface area (Å²) in [6.45, 7) is 11.8. The SMILES string of the molecule is COc1ccc(NC(=O)c2ccccc2NC(=O)CCN2CCN(CCNC(=O)CN3CCN(c4ccc(Nc5ncc6c(C)c(C(C)=O)c(=O)n(C7CCCC7)c6n5)nc4)CC3)CC2)nn1. The summed E-state index contributed by atoms with van der Waals surface area (Å²) in [5.41, 5.74) is 2.76. The van der Waals surface area contributed by atoms with Crippen LogP contribution in [0.5, 0.6) is 5.88 Å². The van der Waals surface area contributed by atoms with Crippen LogP contribution in [-0.4, -0.2) is 154 Å². The highest BCUT2D eigenvalue weighted by Gasteiger charge is 2.27. The minimum atomic E-state index is -0.416. The Labute approximate surface area is 388 Å². The minimum Gasteiger partial charge on any atom is -0.480 e. The molecule has 2 saturated heterocycles. The van der Waals surface area contributed by atoms with Gasteiger partial charge in [-0.15, -0.1) is 10.2 Å². The van der Waals surface area contributed by atoms with Crippen molar-refractivity contribution in [1.82, 2.24) is 49.7 Å². The Morgan fingerprint density at radius 3 is 2.18 bits per heavy atom. The maximum atomic E-state index is 13.6. The van der Waals surface area contributed by atoms with E-state index in [2.05, 4.69) is 61.0 Å². The van der Waals surface area contributed by atoms with Gasteiger partial charge in [0.1, 0.15) is 11.5 Å². The Bertz CT molecular complexity index is 2620. The second-order valence-corrected chi connectivity index (χ2v) is 17.2. The van der Waals surface area contributed by atoms with Crippen LogP contribution in [0.25, 0.3) is 11.0 Å². The van der Waals surface area contributed by atoms with Crippen LogP contribution in [0.2, 0.25) is 0 Å². The van der Waals surface area contributed by atoms with E-state index in [1.807, 2.05) is 18.3 Å². The third-order valence-electron chi connectivity index (χ3n) is 12.7. The fraction of sp³-hybridized carbons (Fsp3) is 0.447. The van der Waals surface area contributed by atoms with Crippen LogP contribution < -0.4 is 36.5 Å². The number of carbonyl (C=O) groups excluding carboxylic acids is 4. The van der Waals surface area contributed by atoms with Crippen molar-refractivity contribution in [2.75, 3.05) is 106 Å². The van der Waals surface area contributed by atoms with E-state index in [4.69, 9.17) is 9.72 Å². The molecular formula is C47H58N14O6. The molecule has 6 heterocycles. The molecule has 20 nitrogen and oxygen atoms in total. The van der Waals surface area contributed by atoms with Crippen molar-refractivity contribution < 1.29 is 23.9 Å². The standard InChI is InChI=1S/C47H58N14O6/c1-31-36-29-50-47(54-44(36)61(33-8-4-5-9-33)46(66)43(31)32(2)62)53-38-13-12-34(28-49-38)60-26-24-59(25-27-60)30-41(64)48-17-19-58-22-20-57(21-23-58)18-16-40(63)51-37-11-7-6-10-35(37)45(65)52-39-14-15-42(67-3)56-55-39/h6-7,10-15,28-29,33H,4-5,8-9,16-27,30H2,1-3H3,(H,48,64)(H,51,63)(H,52,55,65)(H,49,50,53,54). The van der Waals surface area contributed by atoms with Crippen molar-refractivity contribution in [3.63, 3.8) is 0 Å². The Morgan fingerprint density at radius 2 is 1.49 bits per heavy atom. The fourth-order valence-electron chi connectivity index (χ4n) is 9.03. The Kier molecular flexibility index (Phi) is 15.0. The number of nitrogens with one attached hydrogen (secondary N) is 4. The maximum Gasteiger partial charge on any atom is 0.263 e. The van der Waals surface area contributed by atoms with Gasteiger partial charge in [0.25, 0.3) is 11.5 Å². The summed E-state index contributed by atoms with van der Waals surface area (Å²) >= 11 is 0. The molecule has 1 aromatic carbocycles. The van der Waals surface area contributed by atoms with E-state index in [-0.39, 0.29) is 47.0 Å². The predicted molar refractivity (Wildman–Crippen MR) is 254 cm³/mol. The number of Topliss-reactive ketones (excluding diaryl/α,β-unsaturated/α-hetero) is 1. The van der Waals surface area contributed by atoms with Crippen LogP contribution in [0.15, 0.2) is 65.7 Å². The Morgan fingerprint density at radius 1 is 0.776 bits per heavy atom. The number of hydrogen-bond acceptors (Lipinski definition) is 16. The summed E-state index contributed by atoms with van der Waals surface area (Å²) < 4.78 is 6.72. The first-order chi connectivity index (χ1) is 32.5. The Hall–Kier alpha value is -6.90. The number of hydrogen-bond donors (Lipinski definition) is 4. The molecule has 0 spiro atoms. The van der Waals surface area contributed by atoms with Gasteiger partial charge in [0, 0.05) is 102 Å². The second kappa shape index (κ2) is 21.6. The molecule has 20 heteroatoms. The molecule has 8 rings (SSSR count). The number of rotatable bonds is 17. The molecule has 4 aromatic heterocycles. The number of ketones is 1. The van der Waals surface area contributed by atoms with Crippen LogP contribution in [-0.2, 0) is 9.59 Å². The van der Waals surface area contributed by atoms with Gasteiger partial charge >= 0.3 is 0 Å². The smallest absolute Gasteiger partial charge is 0.263 e. The number of aromatic nitrogens is 6. The van der Waals surface area contributed by atoms with Crippen molar-refractivity contribution in [3.05, 3.63) is 88.0 Å². The summed E-state index contributed by atoms with van der Waals surface area (Å²) in [7, 11) is 1.48. The molecule has 1 aliphatic carbocycles. The zero-order valence-electron chi connectivity index (χ0n) is 38.3. The van der Waals surface area contributed by atoms with E-state index in [1.165, 1.54) is 14.0 Å². The molecule has 0 atom stereocenters. The summed E-state index contributed by atoms with van der Waals surface area (Å²) in [4.78, 5) is 87.8. The number of pyridine rings is 2. The number of ether oxygens (including phenoxy) is 1. The maximum absolute atomic E-state index is 13.6. The van der Waals surface area contributed by atoms with Gasteiger partial charge in [-0.05, 0) is 62.6 Å². The molecule has 352 valence electrons. The first-order valence-corrected chi connectivity index (χ1v) is 23.0. The number of nitrogens with zero attached hydrogens (tertiary/aromatic N) is 10. The lowest BCUT2D eigenvalue weighted by Crippen LogP contribution is -2.51. The van der Waals surface area contributed by atoms with Crippen molar-refractivity contribution in [2.45, 2.75) is 52.0 Å². The molecule has 0 unspecified atom stereocenters. The highest BCUT2D eigenvalue weighted by atomic mass is 16.5. The molecule has 3 aliphatic rings. The van der Waals surface area contributed by atoms with Gasteiger partial charge in [0.2, 0.25) is 23.6 Å². The molecule has 67 heavy (non-hydrogen) atoms. The number of benzene rings is 1. The summed E-state index contributed by atoms with van der Waals surface area (Å²) in [5, 5.41) is 20.4. The van der Waals surface area contributed by atoms with Crippen molar-refractivity contribution in [3.8, 4) is 5.88 Å². The number of carbonyl (C=O) groups is 4. The van der Waals surface area contributed by atoms with Gasteiger partial charge in [-0.2, -0.15) is 4.98 Å². The van der Waals surface area contributed by atoms with E-state index in [0.717, 1.165) is 90.3 Å². The van der Waals surface area contributed by atoms with Crippen molar-refractivity contribution >= 4 is 63.5 Å². The number of amides is 3. The van der Waals surface area contributed by atoms with Gasteiger partial charge < -0.3 is 35.8 Å². The lowest BCUT2D eigenvalue weighted by molar-refractivity contribution is -0.122. The summed E-state index contributed by atoms with van der Waals surface area (Å²) in [6.07, 6.45) is 7.58. The van der Waals surface area contributed by atoms with Crippen molar-refractivity contribution in [1.29, 1.82) is 0 Å². The second-order valence-electron chi connectivity index (χ2n) is 17.2. The van der Waals surface area contributed by atoms with Gasteiger partial charge in [0.05, 0.1) is 42.4 Å². The lowest BCUT2D eigenvalue weighted by atomic mass is 10.0. The zero-order valence-corrected chi connectivity index (χ0v) is 38.3.